The summed E-state index contributed by atoms with van der Waals surface area (Å²) in [4.78, 5) is 3.16. The SMILES string of the molecule is COc1cccc(OCc2cc3cccc(O)c3[nH]2)c1. The van der Waals surface area contributed by atoms with Crippen LogP contribution >= 0.6 is 0 Å². The van der Waals surface area contributed by atoms with Crippen LogP contribution < -0.4 is 9.47 Å². The summed E-state index contributed by atoms with van der Waals surface area (Å²) in [5, 5.41) is 10.7. The van der Waals surface area contributed by atoms with Crippen LogP contribution in [0.15, 0.2) is 48.5 Å². The molecule has 1 heterocycles. The molecule has 0 fully saturated rings. The number of H-pyrrole nitrogens is 1. The Kier molecular flexibility index (Phi) is 3.21. The Morgan fingerprint density at radius 2 is 1.85 bits per heavy atom. The lowest BCUT2D eigenvalue weighted by Crippen LogP contribution is -1.95. The van der Waals surface area contributed by atoms with E-state index in [0.717, 1.165) is 28.1 Å². The molecule has 2 aromatic carbocycles. The average molecular weight is 269 g/mol. The van der Waals surface area contributed by atoms with Gasteiger partial charge in [-0.15, -0.1) is 0 Å². The molecule has 0 aliphatic heterocycles. The van der Waals surface area contributed by atoms with Crippen LogP contribution in [-0.4, -0.2) is 17.2 Å². The Balaban J connectivity index is 1.78. The van der Waals surface area contributed by atoms with Crippen molar-refractivity contribution in [1.29, 1.82) is 0 Å². The predicted octanol–water partition coefficient (Wildman–Crippen LogP) is 3.46. The summed E-state index contributed by atoms with van der Waals surface area (Å²) in [6, 6.07) is 14.8. The number of fused-ring (bicyclic) bond motifs is 1. The van der Waals surface area contributed by atoms with Crippen molar-refractivity contribution in [2.24, 2.45) is 0 Å². The van der Waals surface area contributed by atoms with Gasteiger partial charge in [-0.25, -0.2) is 0 Å². The highest BCUT2D eigenvalue weighted by Crippen LogP contribution is 2.25. The smallest absolute Gasteiger partial charge is 0.139 e. The number of para-hydroxylation sites is 1. The molecular weight excluding hydrogens is 254 g/mol. The van der Waals surface area contributed by atoms with E-state index >= 15 is 0 Å². The van der Waals surface area contributed by atoms with Crippen molar-refractivity contribution in [3.8, 4) is 17.2 Å². The molecule has 2 N–H and O–H groups in total. The van der Waals surface area contributed by atoms with E-state index in [2.05, 4.69) is 4.98 Å². The van der Waals surface area contributed by atoms with Gasteiger partial charge >= 0.3 is 0 Å². The molecule has 3 aromatic rings. The van der Waals surface area contributed by atoms with Crippen LogP contribution in [0.2, 0.25) is 0 Å². The molecule has 0 aliphatic carbocycles. The van der Waals surface area contributed by atoms with Gasteiger partial charge in [0.05, 0.1) is 18.3 Å². The first-order chi connectivity index (χ1) is 9.76. The van der Waals surface area contributed by atoms with E-state index in [1.165, 1.54) is 0 Å². The van der Waals surface area contributed by atoms with Crippen LogP contribution in [0.3, 0.4) is 0 Å². The number of phenolic OH excluding ortho intramolecular Hbond substituents is 1. The van der Waals surface area contributed by atoms with Gasteiger partial charge in [0.1, 0.15) is 23.9 Å². The fourth-order valence-electron chi connectivity index (χ4n) is 2.13. The molecule has 4 nitrogen and oxygen atoms in total. The second-order valence-electron chi connectivity index (χ2n) is 4.50. The third-order valence-electron chi connectivity index (χ3n) is 3.13. The first kappa shape index (κ1) is 12.4. The molecule has 0 saturated carbocycles. The molecule has 0 spiro atoms. The summed E-state index contributed by atoms with van der Waals surface area (Å²) in [6.07, 6.45) is 0. The third-order valence-corrected chi connectivity index (χ3v) is 3.13. The zero-order chi connectivity index (χ0) is 13.9. The molecule has 0 amide bonds. The lowest BCUT2D eigenvalue weighted by Gasteiger charge is -2.06. The first-order valence-electron chi connectivity index (χ1n) is 6.33. The third kappa shape index (κ3) is 2.40. The number of rotatable bonds is 4. The zero-order valence-electron chi connectivity index (χ0n) is 11.1. The average Bonchev–Trinajstić information content (AvgIpc) is 2.90. The highest BCUT2D eigenvalue weighted by Gasteiger charge is 2.05. The quantitative estimate of drug-likeness (QED) is 0.762. The van der Waals surface area contributed by atoms with E-state index in [1.54, 1.807) is 13.2 Å². The normalized spacial score (nSPS) is 10.7. The van der Waals surface area contributed by atoms with Gasteiger partial charge in [0.15, 0.2) is 0 Å². The van der Waals surface area contributed by atoms with Crippen LogP contribution in [-0.2, 0) is 6.61 Å². The number of aromatic amines is 1. The number of benzene rings is 2. The van der Waals surface area contributed by atoms with Crippen molar-refractivity contribution in [1.82, 2.24) is 4.98 Å². The molecule has 4 heteroatoms. The maximum Gasteiger partial charge on any atom is 0.139 e. The van der Waals surface area contributed by atoms with Crippen molar-refractivity contribution in [3.05, 3.63) is 54.2 Å². The largest absolute Gasteiger partial charge is 0.506 e. The summed E-state index contributed by atoms with van der Waals surface area (Å²) >= 11 is 0. The summed E-state index contributed by atoms with van der Waals surface area (Å²) in [5.41, 5.74) is 1.64. The van der Waals surface area contributed by atoms with E-state index < -0.39 is 0 Å². The van der Waals surface area contributed by atoms with Gasteiger partial charge in [0, 0.05) is 11.5 Å². The maximum absolute atomic E-state index is 9.75. The van der Waals surface area contributed by atoms with E-state index in [-0.39, 0.29) is 5.75 Å². The minimum absolute atomic E-state index is 0.245. The minimum atomic E-state index is 0.245. The van der Waals surface area contributed by atoms with Crippen molar-refractivity contribution >= 4 is 10.9 Å². The molecule has 0 unspecified atom stereocenters. The summed E-state index contributed by atoms with van der Waals surface area (Å²) < 4.78 is 10.9. The lowest BCUT2D eigenvalue weighted by atomic mass is 10.2. The summed E-state index contributed by atoms with van der Waals surface area (Å²) in [5.74, 6) is 1.75. The number of aromatic hydroxyl groups is 1. The number of phenols is 1. The molecule has 0 bridgehead atoms. The predicted molar refractivity (Wildman–Crippen MR) is 77.3 cm³/mol. The van der Waals surface area contributed by atoms with Gasteiger partial charge in [-0.05, 0) is 24.3 Å². The van der Waals surface area contributed by atoms with Crippen molar-refractivity contribution in [3.63, 3.8) is 0 Å². The standard InChI is InChI=1S/C16H15NO3/c1-19-13-5-3-6-14(9-13)20-10-12-8-11-4-2-7-15(18)16(11)17-12/h2-9,17-18H,10H2,1H3. The topological polar surface area (TPSA) is 54.5 Å². The molecule has 3 rings (SSSR count). The van der Waals surface area contributed by atoms with Gasteiger partial charge in [-0.3, -0.25) is 0 Å². The van der Waals surface area contributed by atoms with Gasteiger partial charge in [-0.1, -0.05) is 18.2 Å². The Morgan fingerprint density at radius 3 is 2.65 bits per heavy atom. The van der Waals surface area contributed by atoms with Crippen LogP contribution in [0.5, 0.6) is 17.2 Å². The van der Waals surface area contributed by atoms with E-state index in [0.29, 0.717) is 6.61 Å². The van der Waals surface area contributed by atoms with Crippen LogP contribution in [0.25, 0.3) is 10.9 Å². The molecule has 0 radical (unpaired) electrons. The fraction of sp³-hybridized carbons (Fsp3) is 0.125. The Labute approximate surface area is 116 Å². The first-order valence-corrected chi connectivity index (χ1v) is 6.33. The van der Waals surface area contributed by atoms with Gasteiger partial charge in [0.25, 0.3) is 0 Å². The van der Waals surface area contributed by atoms with Crippen molar-refractivity contribution < 1.29 is 14.6 Å². The van der Waals surface area contributed by atoms with E-state index in [1.807, 2.05) is 42.5 Å². The summed E-state index contributed by atoms with van der Waals surface area (Å²) in [7, 11) is 1.62. The van der Waals surface area contributed by atoms with Crippen molar-refractivity contribution in [2.45, 2.75) is 6.61 Å². The maximum atomic E-state index is 9.75. The molecule has 20 heavy (non-hydrogen) atoms. The zero-order valence-corrected chi connectivity index (χ0v) is 11.1. The minimum Gasteiger partial charge on any atom is -0.506 e. The Morgan fingerprint density at radius 1 is 1.05 bits per heavy atom. The van der Waals surface area contributed by atoms with Crippen LogP contribution in [0.1, 0.15) is 5.69 Å². The molecule has 1 aromatic heterocycles. The molecule has 0 saturated heterocycles. The monoisotopic (exact) mass is 269 g/mol. The van der Waals surface area contributed by atoms with E-state index in [4.69, 9.17) is 9.47 Å². The Hall–Kier alpha value is -2.62. The van der Waals surface area contributed by atoms with E-state index in [9.17, 15) is 5.11 Å². The van der Waals surface area contributed by atoms with Crippen LogP contribution in [0.4, 0.5) is 0 Å². The Bertz CT molecular complexity index is 733. The van der Waals surface area contributed by atoms with Gasteiger partial charge in [-0.2, -0.15) is 0 Å². The number of nitrogens with one attached hydrogen (secondary N) is 1. The number of methoxy groups -OCH3 is 1. The molecule has 0 atom stereocenters. The van der Waals surface area contributed by atoms with Gasteiger partial charge in [0.2, 0.25) is 0 Å². The molecule has 102 valence electrons. The number of aromatic nitrogens is 1. The fourth-order valence-corrected chi connectivity index (χ4v) is 2.13. The number of hydrogen-bond acceptors (Lipinski definition) is 3. The number of ether oxygens (including phenoxy) is 2. The number of hydrogen-bond donors (Lipinski definition) is 2. The molecule has 0 aliphatic rings. The summed E-state index contributed by atoms with van der Waals surface area (Å²) in [6.45, 7) is 0.404. The lowest BCUT2D eigenvalue weighted by molar-refractivity contribution is 0.300. The van der Waals surface area contributed by atoms with Gasteiger partial charge < -0.3 is 19.6 Å². The second-order valence-corrected chi connectivity index (χ2v) is 4.50. The highest BCUT2D eigenvalue weighted by atomic mass is 16.5. The van der Waals surface area contributed by atoms with Crippen LogP contribution in [0, 0.1) is 0 Å². The van der Waals surface area contributed by atoms with Crippen molar-refractivity contribution in [2.75, 3.05) is 7.11 Å². The highest BCUT2D eigenvalue weighted by molar-refractivity contribution is 5.85. The second kappa shape index (κ2) is 5.17. The molecular formula is C16H15NO3.